The van der Waals surface area contributed by atoms with Crippen LogP contribution in [0.4, 0.5) is 5.69 Å². The third-order valence-electron chi connectivity index (χ3n) is 4.72. The smallest absolute Gasteiger partial charge is 0.194 e. The van der Waals surface area contributed by atoms with Crippen LogP contribution in [0.5, 0.6) is 5.75 Å². The maximum absolute atomic E-state index is 9.03. The highest BCUT2D eigenvalue weighted by Crippen LogP contribution is 2.22. The molecule has 148 valence electrons. The number of rotatable bonds is 4. The van der Waals surface area contributed by atoms with Gasteiger partial charge in [0, 0.05) is 51.5 Å². The summed E-state index contributed by atoms with van der Waals surface area (Å²) in [5.41, 5.74) is 2.94. The Morgan fingerprint density at radius 1 is 1.14 bits per heavy atom. The number of nitrogens with one attached hydrogen (secondary N) is 1. The van der Waals surface area contributed by atoms with E-state index in [-0.39, 0.29) is 24.0 Å². The van der Waals surface area contributed by atoms with Gasteiger partial charge in [-0.2, -0.15) is 5.26 Å². The average Bonchev–Trinajstić information content (AvgIpc) is 2.75. The number of hydrogen-bond acceptors (Lipinski definition) is 4. The average molecular weight is 491 g/mol. The molecule has 2 aromatic rings. The van der Waals surface area contributed by atoms with Crippen LogP contribution in [0.15, 0.2) is 53.5 Å². The van der Waals surface area contributed by atoms with Gasteiger partial charge in [0.15, 0.2) is 5.96 Å². The molecule has 1 heterocycles. The summed E-state index contributed by atoms with van der Waals surface area (Å²) >= 11 is 0. The van der Waals surface area contributed by atoms with Crippen LogP contribution < -0.4 is 15.0 Å². The molecule has 0 aromatic heterocycles. The molecule has 1 aliphatic rings. The van der Waals surface area contributed by atoms with Crippen LogP contribution in [-0.2, 0) is 6.54 Å². The molecule has 0 bridgehead atoms. The molecule has 1 aliphatic heterocycles. The molecule has 0 unspecified atom stereocenters. The zero-order valence-corrected chi connectivity index (χ0v) is 18.6. The molecule has 0 saturated carbocycles. The summed E-state index contributed by atoms with van der Waals surface area (Å²) in [4.78, 5) is 9.05. The first-order valence-electron chi connectivity index (χ1n) is 9.07. The van der Waals surface area contributed by atoms with Gasteiger partial charge in [-0.15, -0.1) is 24.0 Å². The van der Waals surface area contributed by atoms with Gasteiger partial charge in [0.1, 0.15) is 5.75 Å². The number of guanidine groups is 1. The summed E-state index contributed by atoms with van der Waals surface area (Å²) in [6.45, 7) is 4.30. The molecule has 7 heteroatoms. The minimum Gasteiger partial charge on any atom is -0.497 e. The van der Waals surface area contributed by atoms with E-state index in [1.165, 1.54) is 5.69 Å². The van der Waals surface area contributed by atoms with Crippen LogP contribution >= 0.6 is 24.0 Å². The van der Waals surface area contributed by atoms with Gasteiger partial charge in [-0.3, -0.25) is 4.99 Å². The van der Waals surface area contributed by atoms with Gasteiger partial charge in [-0.05, 0) is 29.8 Å². The number of aliphatic imine (C=N–C) groups is 1. The van der Waals surface area contributed by atoms with Gasteiger partial charge in [0.2, 0.25) is 0 Å². The third kappa shape index (κ3) is 5.52. The number of methoxy groups -OCH3 is 1. The lowest BCUT2D eigenvalue weighted by Gasteiger charge is -2.37. The number of anilines is 1. The minimum absolute atomic E-state index is 0. The molecule has 6 nitrogen and oxygen atoms in total. The Bertz CT molecular complexity index is 841. The van der Waals surface area contributed by atoms with Crippen molar-refractivity contribution in [3.63, 3.8) is 0 Å². The van der Waals surface area contributed by atoms with Crippen molar-refractivity contribution in [2.75, 3.05) is 45.2 Å². The summed E-state index contributed by atoms with van der Waals surface area (Å²) in [7, 11) is 3.50. The molecule has 0 atom stereocenters. The zero-order valence-electron chi connectivity index (χ0n) is 16.3. The van der Waals surface area contributed by atoms with Crippen LogP contribution in [0.1, 0.15) is 11.1 Å². The summed E-state index contributed by atoms with van der Waals surface area (Å²) in [6.07, 6.45) is 0. The number of halogens is 1. The van der Waals surface area contributed by atoms with Crippen LogP contribution in [0.3, 0.4) is 0 Å². The Kier molecular flexibility index (Phi) is 8.39. The lowest BCUT2D eigenvalue weighted by molar-refractivity contribution is 0.372. The Morgan fingerprint density at radius 2 is 1.89 bits per heavy atom. The van der Waals surface area contributed by atoms with E-state index in [0.717, 1.165) is 43.5 Å². The third-order valence-corrected chi connectivity index (χ3v) is 4.72. The van der Waals surface area contributed by atoms with Crippen molar-refractivity contribution >= 4 is 35.6 Å². The molecule has 1 saturated heterocycles. The second kappa shape index (κ2) is 10.8. The summed E-state index contributed by atoms with van der Waals surface area (Å²) in [6, 6.07) is 18.0. The molecule has 2 aromatic carbocycles. The van der Waals surface area contributed by atoms with E-state index in [9.17, 15) is 0 Å². The SMILES string of the molecule is CN=C(NCc1cccc(C#N)c1)N1CCN(c2cccc(OC)c2)CC1.I. The fourth-order valence-corrected chi connectivity index (χ4v) is 3.25. The van der Waals surface area contributed by atoms with E-state index in [0.29, 0.717) is 12.1 Å². The van der Waals surface area contributed by atoms with E-state index < -0.39 is 0 Å². The predicted octanol–water partition coefficient (Wildman–Crippen LogP) is 3.08. The van der Waals surface area contributed by atoms with Gasteiger partial charge in [0.05, 0.1) is 18.7 Å². The van der Waals surface area contributed by atoms with Crippen molar-refractivity contribution in [1.82, 2.24) is 10.2 Å². The summed E-state index contributed by atoms with van der Waals surface area (Å²) in [5.74, 6) is 1.77. The lowest BCUT2D eigenvalue weighted by atomic mass is 10.1. The minimum atomic E-state index is 0. The van der Waals surface area contributed by atoms with Crippen LogP contribution in [-0.4, -0.2) is 51.2 Å². The van der Waals surface area contributed by atoms with Crippen LogP contribution in [0.25, 0.3) is 0 Å². The Labute approximate surface area is 183 Å². The van der Waals surface area contributed by atoms with Gasteiger partial charge >= 0.3 is 0 Å². The normalized spacial score (nSPS) is 14.1. The quantitative estimate of drug-likeness (QED) is 0.405. The van der Waals surface area contributed by atoms with Crippen LogP contribution in [0, 0.1) is 11.3 Å². The number of ether oxygens (including phenoxy) is 1. The van der Waals surface area contributed by atoms with Crippen molar-refractivity contribution in [2.45, 2.75) is 6.54 Å². The van der Waals surface area contributed by atoms with Crippen molar-refractivity contribution in [2.24, 2.45) is 4.99 Å². The first-order chi connectivity index (χ1) is 13.2. The highest BCUT2D eigenvalue weighted by Gasteiger charge is 2.20. The maximum atomic E-state index is 9.03. The lowest BCUT2D eigenvalue weighted by Crippen LogP contribution is -2.52. The molecule has 1 fully saturated rings. The molecule has 28 heavy (non-hydrogen) atoms. The molecular weight excluding hydrogens is 465 g/mol. The zero-order chi connectivity index (χ0) is 19.1. The largest absolute Gasteiger partial charge is 0.497 e. The molecule has 0 amide bonds. The van der Waals surface area contributed by atoms with E-state index >= 15 is 0 Å². The molecular formula is C21H26IN5O. The monoisotopic (exact) mass is 491 g/mol. The molecule has 3 rings (SSSR count). The Hall–Kier alpha value is -2.47. The van der Waals surface area contributed by atoms with E-state index in [1.54, 1.807) is 7.11 Å². The van der Waals surface area contributed by atoms with Crippen molar-refractivity contribution in [3.8, 4) is 11.8 Å². The van der Waals surface area contributed by atoms with Crippen LogP contribution in [0.2, 0.25) is 0 Å². The number of piperazine rings is 1. The highest BCUT2D eigenvalue weighted by atomic mass is 127. The first kappa shape index (κ1) is 21.8. The first-order valence-corrected chi connectivity index (χ1v) is 9.07. The Balaban J connectivity index is 0.00000280. The second-order valence-electron chi connectivity index (χ2n) is 6.39. The topological polar surface area (TPSA) is 63.9 Å². The number of nitrogens with zero attached hydrogens (tertiary/aromatic N) is 4. The number of hydrogen-bond donors (Lipinski definition) is 1. The highest BCUT2D eigenvalue weighted by molar-refractivity contribution is 14.0. The number of nitriles is 1. The molecule has 0 radical (unpaired) electrons. The predicted molar refractivity (Wildman–Crippen MR) is 124 cm³/mol. The fraction of sp³-hybridized carbons (Fsp3) is 0.333. The Morgan fingerprint density at radius 3 is 2.57 bits per heavy atom. The van der Waals surface area contributed by atoms with Crippen molar-refractivity contribution < 1.29 is 4.74 Å². The fourth-order valence-electron chi connectivity index (χ4n) is 3.25. The van der Waals surface area contributed by atoms with E-state index in [1.807, 2.05) is 43.4 Å². The van der Waals surface area contributed by atoms with Gasteiger partial charge in [0.25, 0.3) is 0 Å². The summed E-state index contributed by atoms with van der Waals surface area (Å²) < 4.78 is 5.33. The van der Waals surface area contributed by atoms with E-state index in [4.69, 9.17) is 10.00 Å². The standard InChI is InChI=1S/C21H25N5O.HI/c1-23-21(24-16-18-6-3-5-17(13-18)15-22)26-11-9-25(10-12-26)19-7-4-8-20(14-19)27-2;/h3-8,13-14H,9-12,16H2,1-2H3,(H,23,24);1H. The molecule has 0 spiro atoms. The van der Waals surface area contributed by atoms with Gasteiger partial charge in [-0.1, -0.05) is 18.2 Å². The van der Waals surface area contributed by atoms with E-state index in [2.05, 4.69) is 38.3 Å². The second-order valence-corrected chi connectivity index (χ2v) is 6.39. The van der Waals surface area contributed by atoms with Gasteiger partial charge < -0.3 is 19.9 Å². The van der Waals surface area contributed by atoms with Crippen molar-refractivity contribution in [3.05, 3.63) is 59.7 Å². The van der Waals surface area contributed by atoms with Crippen molar-refractivity contribution in [1.29, 1.82) is 5.26 Å². The molecule has 0 aliphatic carbocycles. The van der Waals surface area contributed by atoms with Gasteiger partial charge in [-0.25, -0.2) is 0 Å². The number of benzene rings is 2. The molecule has 1 N–H and O–H groups in total. The maximum Gasteiger partial charge on any atom is 0.194 e. The summed E-state index contributed by atoms with van der Waals surface area (Å²) in [5, 5.41) is 12.4.